The molecule has 0 aliphatic heterocycles. The zero-order valence-electron chi connectivity index (χ0n) is 11.6. The highest BCUT2D eigenvalue weighted by molar-refractivity contribution is 5.85. The van der Waals surface area contributed by atoms with Gasteiger partial charge in [-0.25, -0.2) is 0 Å². The van der Waals surface area contributed by atoms with Crippen molar-refractivity contribution in [3.63, 3.8) is 0 Å². The lowest BCUT2D eigenvalue weighted by atomic mass is 9.88. The fraction of sp³-hybridized carbons (Fsp3) is 0.923. The first-order valence-electron chi connectivity index (χ1n) is 6.86. The summed E-state index contributed by atoms with van der Waals surface area (Å²) in [5.41, 5.74) is 5.35. The Balaban J connectivity index is 2.01. The number of hydrogen-bond acceptors (Lipinski definition) is 4. The minimum Gasteiger partial charge on any atom is -0.409 e. The Hall–Kier alpha value is -0.810. The predicted molar refractivity (Wildman–Crippen MR) is 72.9 cm³/mol. The molecule has 0 unspecified atom stereocenters. The van der Waals surface area contributed by atoms with Crippen LogP contribution in [0.3, 0.4) is 0 Å². The molecule has 5 heteroatoms. The lowest BCUT2D eigenvalue weighted by Crippen LogP contribution is -2.35. The van der Waals surface area contributed by atoms with Crippen LogP contribution in [0.2, 0.25) is 0 Å². The van der Waals surface area contributed by atoms with Gasteiger partial charge in [0.25, 0.3) is 0 Å². The van der Waals surface area contributed by atoms with Gasteiger partial charge in [-0.15, -0.1) is 0 Å². The molecule has 0 aromatic heterocycles. The second kappa shape index (κ2) is 7.59. The van der Waals surface area contributed by atoms with Gasteiger partial charge in [0.1, 0.15) is 5.84 Å². The van der Waals surface area contributed by atoms with Crippen LogP contribution in [-0.4, -0.2) is 36.8 Å². The first-order chi connectivity index (χ1) is 8.56. The fourth-order valence-electron chi connectivity index (χ4n) is 2.14. The molecule has 18 heavy (non-hydrogen) atoms. The molecule has 0 atom stereocenters. The number of hydrogen-bond donors (Lipinski definition) is 3. The molecule has 106 valence electrons. The Morgan fingerprint density at radius 1 is 1.39 bits per heavy atom. The Kier molecular flexibility index (Phi) is 6.43. The molecule has 0 bridgehead atoms. The molecule has 0 amide bonds. The Morgan fingerprint density at radius 2 is 2.06 bits per heavy atom. The normalized spacial score (nSPS) is 18.4. The number of oxime groups is 1. The van der Waals surface area contributed by atoms with Crippen LogP contribution in [0.4, 0.5) is 0 Å². The quantitative estimate of drug-likeness (QED) is 0.203. The minimum absolute atomic E-state index is 0.270. The summed E-state index contributed by atoms with van der Waals surface area (Å²) in [6, 6.07) is 0. The summed E-state index contributed by atoms with van der Waals surface area (Å²) in [7, 11) is 0. The zero-order valence-corrected chi connectivity index (χ0v) is 11.6. The van der Waals surface area contributed by atoms with Crippen LogP contribution in [0.1, 0.15) is 46.0 Å². The maximum atomic E-state index is 8.65. The van der Waals surface area contributed by atoms with E-state index in [1.54, 1.807) is 0 Å². The van der Waals surface area contributed by atoms with Crippen LogP contribution < -0.4 is 11.1 Å². The van der Waals surface area contributed by atoms with Gasteiger partial charge in [-0.2, -0.15) is 0 Å². The van der Waals surface area contributed by atoms with Gasteiger partial charge >= 0.3 is 0 Å². The topological polar surface area (TPSA) is 79.9 Å². The molecule has 1 fully saturated rings. The minimum atomic E-state index is -0.270. The van der Waals surface area contributed by atoms with Crippen molar-refractivity contribution in [1.82, 2.24) is 5.32 Å². The zero-order chi connectivity index (χ0) is 13.4. The Morgan fingerprint density at radius 3 is 2.67 bits per heavy atom. The van der Waals surface area contributed by atoms with E-state index in [0.717, 1.165) is 26.1 Å². The number of rotatable bonds is 8. The monoisotopic (exact) mass is 257 g/mol. The highest BCUT2D eigenvalue weighted by atomic mass is 16.5. The van der Waals surface area contributed by atoms with Gasteiger partial charge < -0.3 is 21.0 Å². The average Bonchev–Trinajstić information content (AvgIpc) is 2.85. The number of nitrogens with zero attached hydrogens (tertiary/aromatic N) is 1. The van der Waals surface area contributed by atoms with E-state index in [9.17, 15) is 0 Å². The number of ether oxygens (including phenoxy) is 1. The molecule has 1 aliphatic rings. The maximum Gasteiger partial charge on any atom is 0.144 e. The lowest BCUT2D eigenvalue weighted by Gasteiger charge is -2.22. The molecular weight excluding hydrogens is 230 g/mol. The van der Waals surface area contributed by atoms with Crippen molar-refractivity contribution in [2.24, 2.45) is 16.3 Å². The summed E-state index contributed by atoms with van der Waals surface area (Å²) in [6.45, 7) is 6.42. The molecule has 1 rings (SSSR count). The third-order valence-electron chi connectivity index (χ3n) is 3.66. The largest absolute Gasteiger partial charge is 0.409 e. The van der Waals surface area contributed by atoms with Gasteiger partial charge in [0.2, 0.25) is 0 Å². The Labute approximate surface area is 110 Å². The SMILES string of the molecule is CC(C)(CCNCCOC1CCCC1)C(N)=NO. The van der Waals surface area contributed by atoms with E-state index < -0.39 is 0 Å². The third kappa shape index (κ3) is 5.23. The smallest absolute Gasteiger partial charge is 0.144 e. The molecule has 0 saturated heterocycles. The predicted octanol–water partition coefficient (Wildman–Crippen LogP) is 1.70. The molecule has 0 aromatic carbocycles. The molecule has 0 heterocycles. The summed E-state index contributed by atoms with van der Waals surface area (Å²) < 4.78 is 5.75. The summed E-state index contributed by atoms with van der Waals surface area (Å²) in [6.07, 6.45) is 6.39. The second-order valence-corrected chi connectivity index (χ2v) is 5.65. The number of nitrogens with two attached hydrogens (primary N) is 1. The molecule has 0 radical (unpaired) electrons. The van der Waals surface area contributed by atoms with E-state index in [2.05, 4.69) is 10.5 Å². The first kappa shape index (κ1) is 15.2. The standard InChI is InChI=1S/C13H27N3O2/c1-13(2,12(14)16-17)7-8-15-9-10-18-11-5-3-4-6-11/h11,15,17H,3-10H2,1-2H3,(H2,14,16). The van der Waals surface area contributed by atoms with Crippen molar-refractivity contribution in [1.29, 1.82) is 0 Å². The molecule has 4 N–H and O–H groups in total. The van der Waals surface area contributed by atoms with Crippen LogP contribution in [0.5, 0.6) is 0 Å². The molecule has 0 aromatic rings. The van der Waals surface area contributed by atoms with Crippen molar-refractivity contribution in [3.05, 3.63) is 0 Å². The van der Waals surface area contributed by atoms with Gasteiger partial charge in [0, 0.05) is 12.0 Å². The number of nitrogens with one attached hydrogen (secondary N) is 1. The van der Waals surface area contributed by atoms with E-state index >= 15 is 0 Å². The summed E-state index contributed by atoms with van der Waals surface area (Å²) >= 11 is 0. The van der Waals surface area contributed by atoms with Crippen molar-refractivity contribution >= 4 is 5.84 Å². The Bertz CT molecular complexity index is 261. The van der Waals surface area contributed by atoms with E-state index in [1.165, 1.54) is 25.7 Å². The second-order valence-electron chi connectivity index (χ2n) is 5.65. The maximum absolute atomic E-state index is 8.65. The van der Waals surface area contributed by atoms with E-state index in [0.29, 0.717) is 6.10 Å². The molecule has 1 saturated carbocycles. The molecule has 1 aliphatic carbocycles. The van der Waals surface area contributed by atoms with Crippen LogP contribution in [0, 0.1) is 5.41 Å². The van der Waals surface area contributed by atoms with Crippen molar-refractivity contribution in [2.75, 3.05) is 19.7 Å². The van der Waals surface area contributed by atoms with Crippen LogP contribution in [0.25, 0.3) is 0 Å². The van der Waals surface area contributed by atoms with Gasteiger partial charge in [-0.1, -0.05) is 31.8 Å². The molecule has 0 spiro atoms. The summed E-state index contributed by atoms with van der Waals surface area (Å²) in [5.74, 6) is 0.284. The van der Waals surface area contributed by atoms with Gasteiger partial charge in [-0.05, 0) is 25.8 Å². The average molecular weight is 257 g/mol. The highest BCUT2D eigenvalue weighted by Crippen LogP contribution is 2.21. The van der Waals surface area contributed by atoms with Crippen molar-refractivity contribution < 1.29 is 9.94 Å². The van der Waals surface area contributed by atoms with Crippen LogP contribution in [0.15, 0.2) is 5.16 Å². The highest BCUT2D eigenvalue weighted by Gasteiger charge is 2.22. The fourth-order valence-corrected chi connectivity index (χ4v) is 2.14. The van der Waals surface area contributed by atoms with Crippen molar-refractivity contribution in [3.8, 4) is 0 Å². The van der Waals surface area contributed by atoms with E-state index in [1.807, 2.05) is 13.8 Å². The summed E-state index contributed by atoms with van der Waals surface area (Å²) in [5, 5.41) is 15.1. The summed E-state index contributed by atoms with van der Waals surface area (Å²) in [4.78, 5) is 0. The van der Waals surface area contributed by atoms with Crippen LogP contribution in [-0.2, 0) is 4.74 Å². The van der Waals surface area contributed by atoms with Gasteiger partial charge in [-0.3, -0.25) is 0 Å². The van der Waals surface area contributed by atoms with E-state index in [-0.39, 0.29) is 11.3 Å². The lowest BCUT2D eigenvalue weighted by molar-refractivity contribution is 0.0602. The number of amidine groups is 1. The van der Waals surface area contributed by atoms with Crippen molar-refractivity contribution in [2.45, 2.75) is 52.1 Å². The van der Waals surface area contributed by atoms with Gasteiger partial charge in [0.05, 0.1) is 12.7 Å². The van der Waals surface area contributed by atoms with Gasteiger partial charge in [0.15, 0.2) is 0 Å². The first-order valence-corrected chi connectivity index (χ1v) is 6.86. The van der Waals surface area contributed by atoms with E-state index in [4.69, 9.17) is 15.7 Å². The third-order valence-corrected chi connectivity index (χ3v) is 3.66. The van der Waals surface area contributed by atoms with Crippen LogP contribution >= 0.6 is 0 Å². The molecular formula is C13H27N3O2. The molecule has 5 nitrogen and oxygen atoms in total.